The summed E-state index contributed by atoms with van der Waals surface area (Å²) in [6, 6.07) is 12.5. The summed E-state index contributed by atoms with van der Waals surface area (Å²) in [5, 5.41) is 5.53. The van der Waals surface area contributed by atoms with E-state index in [1.807, 2.05) is 24.3 Å². The van der Waals surface area contributed by atoms with Crippen LogP contribution in [0.2, 0.25) is 5.02 Å². The number of para-hydroxylation sites is 1. The lowest BCUT2D eigenvalue weighted by Crippen LogP contribution is -2.32. The molecule has 0 fully saturated rings. The summed E-state index contributed by atoms with van der Waals surface area (Å²) in [6.45, 7) is 0. The Morgan fingerprint density at radius 2 is 2.12 bits per heavy atom. The molecule has 2 aromatic carbocycles. The van der Waals surface area contributed by atoms with E-state index in [9.17, 15) is 9.59 Å². The molecule has 1 aliphatic heterocycles. The molecule has 3 rings (SSSR count). The van der Waals surface area contributed by atoms with Crippen molar-refractivity contribution in [2.45, 2.75) is 16.6 Å². The zero-order valence-corrected chi connectivity index (χ0v) is 14.4. The third kappa shape index (κ3) is 3.66. The van der Waals surface area contributed by atoms with Gasteiger partial charge in [-0.1, -0.05) is 23.7 Å². The first-order valence-corrected chi connectivity index (χ1v) is 8.52. The molecule has 7 heteroatoms. The van der Waals surface area contributed by atoms with Crippen molar-refractivity contribution < 1.29 is 14.3 Å². The van der Waals surface area contributed by atoms with E-state index in [0.717, 1.165) is 10.6 Å². The summed E-state index contributed by atoms with van der Waals surface area (Å²) in [6.07, 6.45) is 0.0779. The Bertz CT molecular complexity index is 797. The third-order valence-electron chi connectivity index (χ3n) is 3.51. The van der Waals surface area contributed by atoms with E-state index in [0.29, 0.717) is 16.5 Å². The fraction of sp³-hybridized carbons (Fsp3) is 0.176. The maximum atomic E-state index is 12.2. The van der Waals surface area contributed by atoms with Gasteiger partial charge in [-0.3, -0.25) is 9.59 Å². The number of ether oxygens (including phenoxy) is 1. The minimum absolute atomic E-state index is 0.0779. The average Bonchev–Trinajstić information content (AvgIpc) is 2.55. The van der Waals surface area contributed by atoms with Crippen LogP contribution in [0, 0.1) is 0 Å². The zero-order valence-electron chi connectivity index (χ0n) is 12.8. The first kappa shape index (κ1) is 16.7. The van der Waals surface area contributed by atoms with Gasteiger partial charge in [-0.25, -0.2) is 0 Å². The van der Waals surface area contributed by atoms with E-state index in [-0.39, 0.29) is 18.2 Å². The van der Waals surface area contributed by atoms with Crippen LogP contribution in [0.25, 0.3) is 0 Å². The Labute approximate surface area is 148 Å². The highest BCUT2D eigenvalue weighted by Crippen LogP contribution is 2.36. The van der Waals surface area contributed by atoms with Crippen LogP contribution in [-0.4, -0.2) is 24.2 Å². The van der Waals surface area contributed by atoms with Crippen LogP contribution >= 0.6 is 23.4 Å². The van der Waals surface area contributed by atoms with E-state index in [1.54, 1.807) is 18.2 Å². The molecule has 5 nitrogen and oxygen atoms in total. The van der Waals surface area contributed by atoms with E-state index in [4.69, 9.17) is 16.3 Å². The standard InChI is InChI=1S/C17H15ClN2O3S/c1-23-13-7-6-10(8-11(13)18)19-16(21)9-15-17(22)20-12-4-2-3-5-14(12)24-15/h2-8,15H,9H2,1H3,(H,19,21)(H,20,22)/t15-/m1/s1. The van der Waals surface area contributed by atoms with Crippen molar-refractivity contribution in [1.82, 2.24) is 0 Å². The highest BCUT2D eigenvalue weighted by atomic mass is 35.5. The molecule has 24 heavy (non-hydrogen) atoms. The van der Waals surface area contributed by atoms with E-state index in [2.05, 4.69) is 10.6 Å². The highest BCUT2D eigenvalue weighted by Gasteiger charge is 2.28. The van der Waals surface area contributed by atoms with Gasteiger partial charge in [0.15, 0.2) is 0 Å². The number of benzene rings is 2. The number of carbonyl (C=O) groups excluding carboxylic acids is 2. The monoisotopic (exact) mass is 362 g/mol. The molecule has 0 radical (unpaired) electrons. The van der Waals surface area contributed by atoms with Crippen molar-refractivity contribution in [3.8, 4) is 5.75 Å². The molecule has 1 heterocycles. The van der Waals surface area contributed by atoms with Crippen LogP contribution in [0.3, 0.4) is 0 Å². The second kappa shape index (κ2) is 7.15. The Balaban J connectivity index is 1.65. The number of anilines is 2. The van der Waals surface area contributed by atoms with Gasteiger partial charge in [-0.05, 0) is 30.3 Å². The number of halogens is 1. The molecular formula is C17H15ClN2O3S. The number of rotatable bonds is 4. The van der Waals surface area contributed by atoms with Gasteiger partial charge >= 0.3 is 0 Å². The summed E-state index contributed by atoms with van der Waals surface area (Å²) >= 11 is 7.43. The van der Waals surface area contributed by atoms with Gasteiger partial charge in [0.2, 0.25) is 11.8 Å². The predicted molar refractivity (Wildman–Crippen MR) is 96.0 cm³/mol. The molecule has 0 spiro atoms. The molecule has 1 aliphatic rings. The molecule has 0 aromatic heterocycles. The predicted octanol–water partition coefficient (Wildman–Crippen LogP) is 3.79. The van der Waals surface area contributed by atoms with E-state index >= 15 is 0 Å². The summed E-state index contributed by atoms with van der Waals surface area (Å²) < 4.78 is 5.07. The number of fused-ring (bicyclic) bond motifs is 1. The number of amides is 2. The van der Waals surface area contributed by atoms with Crippen LogP contribution in [-0.2, 0) is 9.59 Å². The molecule has 0 aliphatic carbocycles. The van der Waals surface area contributed by atoms with E-state index in [1.165, 1.54) is 18.9 Å². The molecule has 1 atom stereocenters. The molecule has 2 amide bonds. The SMILES string of the molecule is COc1ccc(NC(=O)C[C@H]2Sc3ccccc3NC2=O)cc1Cl. The Morgan fingerprint density at radius 1 is 1.33 bits per heavy atom. The minimum atomic E-state index is -0.464. The second-order valence-corrected chi connectivity index (χ2v) is 6.85. The quantitative estimate of drug-likeness (QED) is 0.868. The van der Waals surface area contributed by atoms with Gasteiger partial charge in [0, 0.05) is 17.0 Å². The maximum absolute atomic E-state index is 12.2. The molecule has 124 valence electrons. The van der Waals surface area contributed by atoms with Crippen molar-refractivity contribution in [3.63, 3.8) is 0 Å². The first-order valence-electron chi connectivity index (χ1n) is 7.27. The molecular weight excluding hydrogens is 348 g/mol. The van der Waals surface area contributed by atoms with Gasteiger partial charge in [-0.15, -0.1) is 11.8 Å². The van der Waals surface area contributed by atoms with Gasteiger partial charge in [0.25, 0.3) is 0 Å². The molecule has 0 unspecified atom stereocenters. The lowest BCUT2D eigenvalue weighted by Gasteiger charge is -2.23. The second-order valence-electron chi connectivity index (χ2n) is 5.19. The largest absolute Gasteiger partial charge is 0.495 e. The van der Waals surface area contributed by atoms with Gasteiger partial charge in [-0.2, -0.15) is 0 Å². The lowest BCUT2D eigenvalue weighted by atomic mass is 10.2. The lowest BCUT2D eigenvalue weighted by molar-refractivity contribution is -0.120. The Hall–Kier alpha value is -2.18. The summed E-state index contributed by atoms with van der Waals surface area (Å²) in [4.78, 5) is 25.3. The van der Waals surface area contributed by atoms with Crippen LogP contribution in [0.15, 0.2) is 47.4 Å². The average molecular weight is 363 g/mol. The van der Waals surface area contributed by atoms with E-state index < -0.39 is 5.25 Å². The van der Waals surface area contributed by atoms with Crippen molar-refractivity contribution in [2.24, 2.45) is 0 Å². The summed E-state index contributed by atoms with van der Waals surface area (Å²) in [7, 11) is 1.52. The Morgan fingerprint density at radius 3 is 2.88 bits per heavy atom. The van der Waals surface area contributed by atoms with Crippen LogP contribution in [0.4, 0.5) is 11.4 Å². The van der Waals surface area contributed by atoms with Crippen molar-refractivity contribution in [2.75, 3.05) is 17.7 Å². The molecule has 0 bridgehead atoms. The van der Waals surface area contributed by atoms with Crippen LogP contribution in [0.5, 0.6) is 5.75 Å². The molecule has 2 N–H and O–H groups in total. The summed E-state index contributed by atoms with van der Waals surface area (Å²) in [5.41, 5.74) is 1.35. The van der Waals surface area contributed by atoms with Crippen LogP contribution < -0.4 is 15.4 Å². The van der Waals surface area contributed by atoms with Gasteiger partial charge < -0.3 is 15.4 Å². The summed E-state index contributed by atoms with van der Waals surface area (Å²) in [5.74, 6) is 0.123. The highest BCUT2D eigenvalue weighted by molar-refractivity contribution is 8.01. The topological polar surface area (TPSA) is 67.4 Å². The fourth-order valence-corrected chi connectivity index (χ4v) is 3.72. The molecule has 0 saturated heterocycles. The number of nitrogens with one attached hydrogen (secondary N) is 2. The number of thioether (sulfide) groups is 1. The van der Waals surface area contributed by atoms with Crippen LogP contribution in [0.1, 0.15) is 6.42 Å². The Kier molecular flexibility index (Phi) is 4.97. The fourth-order valence-electron chi connectivity index (χ4n) is 2.35. The molecule has 0 saturated carbocycles. The van der Waals surface area contributed by atoms with Gasteiger partial charge in [0.05, 0.1) is 23.1 Å². The zero-order chi connectivity index (χ0) is 17.1. The number of methoxy groups -OCH3 is 1. The normalized spacial score (nSPS) is 16.1. The van der Waals surface area contributed by atoms with Gasteiger partial charge in [0.1, 0.15) is 5.75 Å². The number of carbonyl (C=O) groups is 2. The number of hydrogen-bond donors (Lipinski definition) is 2. The third-order valence-corrected chi connectivity index (χ3v) is 5.08. The van der Waals surface area contributed by atoms with Crippen molar-refractivity contribution >= 4 is 46.6 Å². The first-order chi connectivity index (χ1) is 11.6. The molecule has 2 aromatic rings. The van der Waals surface area contributed by atoms with Crippen molar-refractivity contribution in [3.05, 3.63) is 47.5 Å². The minimum Gasteiger partial charge on any atom is -0.495 e. The smallest absolute Gasteiger partial charge is 0.238 e. The maximum Gasteiger partial charge on any atom is 0.238 e. The number of hydrogen-bond acceptors (Lipinski definition) is 4. The van der Waals surface area contributed by atoms with Crippen molar-refractivity contribution in [1.29, 1.82) is 0 Å².